The Balaban J connectivity index is 2.56. The second-order valence-electron chi connectivity index (χ2n) is 17.6. The highest BCUT2D eigenvalue weighted by atomic mass is 16.7. The number of esters is 3. The Kier molecular flexibility index (Phi) is 40.9. The predicted molar refractivity (Wildman–Crippen MR) is 253 cm³/mol. The quantitative estimate of drug-likeness (QED) is 0.0208. The average Bonchev–Trinajstić information content (AvgIpc) is 3.25. The van der Waals surface area contributed by atoms with Crippen molar-refractivity contribution < 1.29 is 43.2 Å². The predicted octanol–water partition coefficient (Wildman–Crippen LogP) is 12.5. The van der Waals surface area contributed by atoms with Crippen LogP contribution in [0.1, 0.15) is 220 Å². The Bertz CT molecular complexity index is 1080. The molecule has 0 saturated heterocycles. The second kappa shape index (κ2) is 44.0. The van der Waals surface area contributed by atoms with Gasteiger partial charge in [0.25, 0.3) is 0 Å². The summed E-state index contributed by atoms with van der Waals surface area (Å²) in [5.41, 5.74) is 0. The minimum atomic E-state index is -0.471. The SMILES string of the molecule is CCCCC/C=C\C/C=C\CCCCCCCC(=O)OCC(COC(=O)CCCN(CCO)C1CCC1)COC(=O)CCC(OCCCCCCCC)OCCCCCCCC. The van der Waals surface area contributed by atoms with Gasteiger partial charge in [-0.3, -0.25) is 19.3 Å². The fourth-order valence-electron chi connectivity index (χ4n) is 7.50. The summed E-state index contributed by atoms with van der Waals surface area (Å²) in [5, 5.41) is 9.48. The van der Waals surface area contributed by atoms with Gasteiger partial charge in [0, 0.05) is 45.1 Å². The average molecular weight is 878 g/mol. The summed E-state index contributed by atoms with van der Waals surface area (Å²) in [7, 11) is 0. The molecule has 0 heterocycles. The molecule has 362 valence electrons. The Morgan fingerprint density at radius 2 is 1.00 bits per heavy atom. The maximum atomic E-state index is 13.0. The number of nitrogens with zero attached hydrogens (tertiary/aromatic N) is 1. The molecular formula is C52H95NO9. The van der Waals surface area contributed by atoms with Crippen LogP contribution in [0.4, 0.5) is 0 Å². The number of aliphatic hydroxyl groups excluding tert-OH is 1. The highest BCUT2D eigenvalue weighted by Crippen LogP contribution is 2.25. The number of carbonyl (C=O) groups is 3. The molecule has 0 bridgehead atoms. The van der Waals surface area contributed by atoms with Crippen molar-refractivity contribution in [1.82, 2.24) is 4.90 Å². The van der Waals surface area contributed by atoms with Crippen molar-refractivity contribution in [3.05, 3.63) is 24.3 Å². The van der Waals surface area contributed by atoms with Crippen LogP contribution in [0.25, 0.3) is 0 Å². The number of aliphatic hydroxyl groups is 1. The fourth-order valence-corrected chi connectivity index (χ4v) is 7.50. The zero-order chi connectivity index (χ0) is 45.0. The zero-order valence-electron chi connectivity index (χ0n) is 40.3. The molecule has 1 unspecified atom stereocenters. The zero-order valence-corrected chi connectivity index (χ0v) is 40.3. The van der Waals surface area contributed by atoms with Crippen molar-refractivity contribution in [1.29, 1.82) is 0 Å². The first-order valence-corrected chi connectivity index (χ1v) is 25.8. The largest absolute Gasteiger partial charge is 0.465 e. The lowest BCUT2D eigenvalue weighted by Crippen LogP contribution is -2.42. The van der Waals surface area contributed by atoms with Crippen molar-refractivity contribution in [2.24, 2.45) is 5.92 Å². The molecule has 0 amide bonds. The summed E-state index contributed by atoms with van der Waals surface area (Å²) in [6.07, 6.45) is 40.2. The molecule has 0 aliphatic heterocycles. The molecule has 0 radical (unpaired) electrons. The summed E-state index contributed by atoms with van der Waals surface area (Å²) in [6.45, 7) is 9.34. The molecule has 1 rings (SSSR count). The van der Waals surface area contributed by atoms with Gasteiger partial charge in [-0.05, 0) is 77.2 Å². The summed E-state index contributed by atoms with van der Waals surface area (Å²) in [5.74, 6) is -1.47. The van der Waals surface area contributed by atoms with Crippen LogP contribution in [0.2, 0.25) is 0 Å². The number of rotatable bonds is 46. The molecule has 0 aromatic rings. The van der Waals surface area contributed by atoms with E-state index in [9.17, 15) is 19.5 Å². The first kappa shape index (κ1) is 57.7. The minimum Gasteiger partial charge on any atom is -0.465 e. The molecule has 1 atom stereocenters. The molecule has 10 heteroatoms. The van der Waals surface area contributed by atoms with E-state index in [-0.39, 0.29) is 57.2 Å². The van der Waals surface area contributed by atoms with Crippen LogP contribution < -0.4 is 0 Å². The Labute approximate surface area is 380 Å². The van der Waals surface area contributed by atoms with Gasteiger partial charge in [0.15, 0.2) is 6.29 Å². The molecule has 1 N–H and O–H groups in total. The summed E-state index contributed by atoms with van der Waals surface area (Å²) in [6, 6.07) is 0.491. The summed E-state index contributed by atoms with van der Waals surface area (Å²) < 4.78 is 29.2. The maximum Gasteiger partial charge on any atom is 0.305 e. The van der Waals surface area contributed by atoms with Crippen LogP contribution in [0.5, 0.6) is 0 Å². The highest BCUT2D eigenvalue weighted by Gasteiger charge is 2.24. The van der Waals surface area contributed by atoms with Crippen molar-refractivity contribution in [2.45, 2.75) is 232 Å². The lowest BCUT2D eigenvalue weighted by atomic mass is 9.91. The van der Waals surface area contributed by atoms with Gasteiger partial charge in [0.2, 0.25) is 0 Å². The molecule has 10 nitrogen and oxygen atoms in total. The number of carbonyl (C=O) groups excluding carboxylic acids is 3. The molecule has 0 aromatic carbocycles. The summed E-state index contributed by atoms with van der Waals surface area (Å²) in [4.78, 5) is 40.8. The monoisotopic (exact) mass is 878 g/mol. The van der Waals surface area contributed by atoms with Gasteiger partial charge in [0.05, 0.1) is 18.9 Å². The molecule has 62 heavy (non-hydrogen) atoms. The van der Waals surface area contributed by atoms with E-state index in [0.29, 0.717) is 45.1 Å². The maximum absolute atomic E-state index is 13.0. The number of unbranched alkanes of at least 4 members (excludes halogenated alkanes) is 18. The molecule has 1 fully saturated rings. The van der Waals surface area contributed by atoms with E-state index in [1.54, 1.807) is 0 Å². The van der Waals surface area contributed by atoms with E-state index in [1.807, 2.05) is 0 Å². The van der Waals surface area contributed by atoms with E-state index in [2.05, 4.69) is 50.0 Å². The van der Waals surface area contributed by atoms with Gasteiger partial charge in [-0.2, -0.15) is 0 Å². The molecule has 1 aliphatic carbocycles. The normalized spacial score (nSPS) is 13.7. The lowest BCUT2D eigenvalue weighted by Gasteiger charge is -2.37. The third-order valence-electron chi connectivity index (χ3n) is 11.8. The van der Waals surface area contributed by atoms with Crippen LogP contribution in [-0.2, 0) is 38.1 Å². The molecule has 1 aliphatic rings. The smallest absolute Gasteiger partial charge is 0.305 e. The van der Waals surface area contributed by atoms with E-state index in [4.69, 9.17) is 23.7 Å². The third kappa shape index (κ3) is 36.1. The van der Waals surface area contributed by atoms with Crippen molar-refractivity contribution in [3.8, 4) is 0 Å². The van der Waals surface area contributed by atoms with Crippen LogP contribution in [0, 0.1) is 5.92 Å². The minimum absolute atomic E-state index is 0.00256. The Hall–Kier alpha value is -2.27. The van der Waals surface area contributed by atoms with Gasteiger partial charge in [-0.15, -0.1) is 0 Å². The van der Waals surface area contributed by atoms with Crippen molar-refractivity contribution in [2.75, 3.05) is 52.7 Å². The standard InChI is InChI=1S/C52H95NO9/c1-4-7-10-13-16-17-18-19-20-21-22-23-24-25-28-35-49(55)60-44-47(45-61-50(56)36-32-39-53(40-41-54)48-33-31-34-48)46-62-51(57)37-38-52(58-42-29-26-14-11-8-5-2)59-43-30-27-15-12-9-6-3/h16-17,19-20,47-48,52,54H,4-15,18,21-46H2,1-3H3/b17-16-,20-19-. The second-order valence-corrected chi connectivity index (χ2v) is 17.6. The van der Waals surface area contributed by atoms with E-state index in [0.717, 1.165) is 90.0 Å². The highest BCUT2D eigenvalue weighted by molar-refractivity contribution is 5.70. The first-order chi connectivity index (χ1) is 30.4. The van der Waals surface area contributed by atoms with Crippen LogP contribution in [-0.4, -0.2) is 93.0 Å². The number of ether oxygens (including phenoxy) is 5. The number of hydrogen-bond donors (Lipinski definition) is 1. The molecule has 0 aromatic heterocycles. The summed E-state index contributed by atoms with van der Waals surface area (Å²) >= 11 is 0. The molecule has 1 saturated carbocycles. The van der Waals surface area contributed by atoms with Gasteiger partial charge < -0.3 is 28.8 Å². The van der Waals surface area contributed by atoms with Gasteiger partial charge >= 0.3 is 17.9 Å². The van der Waals surface area contributed by atoms with E-state index >= 15 is 0 Å². The van der Waals surface area contributed by atoms with Crippen LogP contribution in [0.3, 0.4) is 0 Å². The topological polar surface area (TPSA) is 121 Å². The number of hydrogen-bond acceptors (Lipinski definition) is 10. The van der Waals surface area contributed by atoms with Crippen molar-refractivity contribution >= 4 is 17.9 Å². The third-order valence-corrected chi connectivity index (χ3v) is 11.8. The first-order valence-electron chi connectivity index (χ1n) is 25.8. The van der Waals surface area contributed by atoms with Crippen LogP contribution in [0.15, 0.2) is 24.3 Å². The van der Waals surface area contributed by atoms with E-state index in [1.165, 1.54) is 83.5 Å². The van der Waals surface area contributed by atoms with Gasteiger partial charge in [-0.25, -0.2) is 0 Å². The molecular weight excluding hydrogens is 783 g/mol. The number of allylic oxidation sites excluding steroid dienone is 4. The van der Waals surface area contributed by atoms with Crippen molar-refractivity contribution in [3.63, 3.8) is 0 Å². The van der Waals surface area contributed by atoms with E-state index < -0.39 is 12.2 Å². The van der Waals surface area contributed by atoms with Gasteiger partial charge in [0.1, 0.15) is 19.8 Å². The van der Waals surface area contributed by atoms with Crippen LogP contribution >= 0.6 is 0 Å². The Morgan fingerprint density at radius 3 is 1.52 bits per heavy atom. The lowest BCUT2D eigenvalue weighted by molar-refractivity contribution is -0.162. The van der Waals surface area contributed by atoms with Gasteiger partial charge in [-0.1, -0.05) is 148 Å². The molecule has 0 spiro atoms. The Morgan fingerprint density at radius 1 is 0.548 bits per heavy atom. The fraction of sp³-hybridized carbons (Fsp3) is 0.865.